The molecule has 0 aliphatic rings. The molecule has 4 rings (SSSR count). The molecule has 0 amide bonds. The Morgan fingerprint density at radius 2 is 1.57 bits per heavy atom. The Balaban J connectivity index is 0.000000172. The molecule has 4 aromatic heterocycles. The van der Waals surface area contributed by atoms with Gasteiger partial charge in [-0.05, 0) is 62.2 Å². The van der Waals surface area contributed by atoms with Crippen molar-refractivity contribution in [1.29, 1.82) is 0 Å². The average molecular weight is 408 g/mol. The normalized spacial score (nSPS) is 11.5. The van der Waals surface area contributed by atoms with Crippen molar-refractivity contribution in [3.05, 3.63) is 71.3 Å². The molecule has 0 bridgehead atoms. The number of aromatic nitrogens is 4. The summed E-state index contributed by atoms with van der Waals surface area (Å²) in [5.41, 5.74) is 7.46. The van der Waals surface area contributed by atoms with E-state index in [1.54, 1.807) is 7.11 Å². The van der Waals surface area contributed by atoms with Crippen molar-refractivity contribution in [2.45, 2.75) is 39.7 Å². The van der Waals surface area contributed by atoms with Crippen LogP contribution in [-0.2, 0) is 17.7 Å². The van der Waals surface area contributed by atoms with Crippen molar-refractivity contribution in [2.75, 3.05) is 27.8 Å². The number of hydrogen-bond donors (Lipinski definition) is 0. The fraction of sp³-hybridized carbons (Fsp3) is 0.417. The number of hydrogen-bond acceptors (Lipinski definition) is 4. The third kappa shape index (κ3) is 5.26. The van der Waals surface area contributed by atoms with E-state index in [0.717, 1.165) is 19.6 Å². The van der Waals surface area contributed by atoms with Gasteiger partial charge in [0.15, 0.2) is 0 Å². The quantitative estimate of drug-likeness (QED) is 0.477. The van der Waals surface area contributed by atoms with Crippen LogP contribution in [-0.4, -0.2) is 51.9 Å². The van der Waals surface area contributed by atoms with Gasteiger partial charge in [0.25, 0.3) is 0 Å². The molecule has 0 radical (unpaired) electrons. The highest BCUT2D eigenvalue weighted by atomic mass is 16.5. The van der Waals surface area contributed by atoms with Crippen LogP contribution in [0.4, 0.5) is 0 Å². The van der Waals surface area contributed by atoms with E-state index >= 15 is 0 Å². The molecule has 30 heavy (non-hydrogen) atoms. The molecule has 6 nitrogen and oxygen atoms in total. The van der Waals surface area contributed by atoms with Crippen LogP contribution < -0.4 is 0 Å². The molecule has 0 saturated heterocycles. The number of nitrogens with zero attached hydrogens (tertiary/aromatic N) is 5. The standard InChI is InChI=1S/C13H18N2O.C11H15N3/c1-10(2)12-8-14-15-9-11(6-7-16-3)4-5-13(12)15;1-9-6-12-14-8-10(7-13(2)3)4-5-11(9)14/h4-5,8-10H,6-7H2,1-3H3;4-6,8H,7H2,1-3H3. The van der Waals surface area contributed by atoms with E-state index in [0.29, 0.717) is 5.92 Å². The first-order valence-corrected chi connectivity index (χ1v) is 10.4. The molecular weight excluding hydrogens is 374 g/mol. The van der Waals surface area contributed by atoms with Gasteiger partial charge in [-0.2, -0.15) is 10.2 Å². The Bertz CT molecular complexity index is 1090. The molecule has 0 atom stereocenters. The maximum atomic E-state index is 5.07. The minimum Gasteiger partial charge on any atom is -0.384 e. The second-order valence-electron chi connectivity index (χ2n) is 8.30. The fourth-order valence-corrected chi connectivity index (χ4v) is 3.47. The van der Waals surface area contributed by atoms with Crippen LogP contribution in [0, 0.1) is 6.92 Å². The topological polar surface area (TPSA) is 47.1 Å². The largest absolute Gasteiger partial charge is 0.384 e. The minimum atomic E-state index is 0.516. The first-order valence-electron chi connectivity index (χ1n) is 10.4. The van der Waals surface area contributed by atoms with Crippen LogP contribution in [0.15, 0.2) is 49.1 Å². The van der Waals surface area contributed by atoms with Gasteiger partial charge >= 0.3 is 0 Å². The van der Waals surface area contributed by atoms with Crippen molar-refractivity contribution >= 4 is 11.0 Å². The molecule has 0 saturated carbocycles. The highest BCUT2D eigenvalue weighted by Gasteiger charge is 2.07. The van der Waals surface area contributed by atoms with E-state index in [9.17, 15) is 0 Å². The zero-order chi connectivity index (χ0) is 21.7. The predicted octanol–water partition coefficient (Wildman–Crippen LogP) is 4.35. The van der Waals surface area contributed by atoms with Crippen molar-refractivity contribution < 1.29 is 4.74 Å². The van der Waals surface area contributed by atoms with E-state index in [2.05, 4.69) is 86.6 Å². The maximum absolute atomic E-state index is 5.07. The lowest BCUT2D eigenvalue weighted by atomic mass is 10.1. The van der Waals surface area contributed by atoms with Gasteiger partial charge in [0.1, 0.15) is 0 Å². The smallest absolute Gasteiger partial charge is 0.0696 e. The highest BCUT2D eigenvalue weighted by Crippen LogP contribution is 2.20. The number of pyridine rings is 2. The molecule has 0 aliphatic carbocycles. The van der Waals surface area contributed by atoms with Crippen molar-refractivity contribution in [2.24, 2.45) is 0 Å². The van der Waals surface area contributed by atoms with E-state index in [4.69, 9.17) is 4.74 Å². The summed E-state index contributed by atoms with van der Waals surface area (Å²) in [5.74, 6) is 0.516. The summed E-state index contributed by atoms with van der Waals surface area (Å²) in [6.45, 7) is 8.16. The highest BCUT2D eigenvalue weighted by molar-refractivity contribution is 5.55. The minimum absolute atomic E-state index is 0.516. The van der Waals surface area contributed by atoms with E-state index in [1.807, 2.05) is 21.4 Å². The van der Waals surface area contributed by atoms with E-state index in [1.165, 1.54) is 33.3 Å². The molecule has 0 aliphatic heterocycles. The van der Waals surface area contributed by atoms with Crippen LogP contribution >= 0.6 is 0 Å². The first-order chi connectivity index (χ1) is 14.4. The van der Waals surface area contributed by atoms with Gasteiger partial charge in [0, 0.05) is 31.6 Å². The Kier molecular flexibility index (Phi) is 7.24. The van der Waals surface area contributed by atoms with Gasteiger partial charge in [0.2, 0.25) is 0 Å². The van der Waals surface area contributed by atoms with Gasteiger partial charge < -0.3 is 9.64 Å². The summed E-state index contributed by atoms with van der Waals surface area (Å²) in [6, 6.07) is 8.58. The SMILES string of the molecule is COCCc1ccc2c(C(C)C)cnn2c1.Cc1cnn2cc(CN(C)C)ccc12. The Morgan fingerprint density at radius 3 is 2.27 bits per heavy atom. The van der Waals surface area contributed by atoms with Crippen LogP contribution in [0.2, 0.25) is 0 Å². The van der Waals surface area contributed by atoms with Gasteiger partial charge in [-0.1, -0.05) is 26.0 Å². The van der Waals surface area contributed by atoms with Crippen LogP contribution in [0.1, 0.15) is 42.0 Å². The fourth-order valence-electron chi connectivity index (χ4n) is 3.47. The summed E-state index contributed by atoms with van der Waals surface area (Å²) in [4.78, 5) is 2.15. The van der Waals surface area contributed by atoms with Gasteiger partial charge in [0.05, 0.1) is 30.0 Å². The average Bonchev–Trinajstić information content (AvgIpc) is 3.29. The molecule has 4 heterocycles. The zero-order valence-electron chi connectivity index (χ0n) is 19.0. The molecule has 6 heteroatoms. The molecule has 0 aromatic carbocycles. The summed E-state index contributed by atoms with van der Waals surface area (Å²) in [6.07, 6.45) is 8.96. The number of methoxy groups -OCH3 is 1. The second kappa shape index (κ2) is 9.87. The van der Waals surface area contributed by atoms with Crippen molar-refractivity contribution in [3.8, 4) is 0 Å². The molecule has 0 fully saturated rings. The number of rotatable bonds is 6. The molecular formula is C24H33N5O. The van der Waals surface area contributed by atoms with Crippen LogP contribution in [0.3, 0.4) is 0 Å². The molecule has 0 spiro atoms. The maximum Gasteiger partial charge on any atom is 0.0696 e. The Labute approximate surface area is 179 Å². The van der Waals surface area contributed by atoms with E-state index in [-0.39, 0.29) is 0 Å². The first kappa shape index (κ1) is 22.0. The molecule has 160 valence electrons. The van der Waals surface area contributed by atoms with Gasteiger partial charge in [-0.15, -0.1) is 0 Å². The Morgan fingerprint density at radius 1 is 0.933 bits per heavy atom. The van der Waals surface area contributed by atoms with Crippen LogP contribution in [0.5, 0.6) is 0 Å². The molecule has 0 unspecified atom stereocenters. The van der Waals surface area contributed by atoms with Gasteiger partial charge in [-0.25, -0.2) is 9.03 Å². The monoisotopic (exact) mass is 407 g/mol. The summed E-state index contributed by atoms with van der Waals surface area (Å²) in [7, 11) is 5.86. The lowest BCUT2D eigenvalue weighted by Crippen LogP contribution is -2.11. The summed E-state index contributed by atoms with van der Waals surface area (Å²) >= 11 is 0. The second-order valence-corrected chi connectivity index (χ2v) is 8.30. The number of fused-ring (bicyclic) bond motifs is 2. The summed E-state index contributed by atoms with van der Waals surface area (Å²) < 4.78 is 8.97. The van der Waals surface area contributed by atoms with Crippen molar-refractivity contribution in [3.63, 3.8) is 0 Å². The third-order valence-electron chi connectivity index (χ3n) is 5.09. The Hall–Kier alpha value is -2.70. The van der Waals surface area contributed by atoms with Gasteiger partial charge in [-0.3, -0.25) is 0 Å². The third-order valence-corrected chi connectivity index (χ3v) is 5.09. The number of ether oxygens (including phenoxy) is 1. The zero-order valence-corrected chi connectivity index (χ0v) is 19.0. The summed E-state index contributed by atoms with van der Waals surface area (Å²) in [5, 5.41) is 8.67. The number of aryl methyl sites for hydroxylation is 1. The van der Waals surface area contributed by atoms with Crippen molar-refractivity contribution in [1.82, 2.24) is 24.1 Å². The lowest BCUT2D eigenvalue weighted by molar-refractivity contribution is 0.202. The lowest BCUT2D eigenvalue weighted by Gasteiger charge is -2.09. The molecule has 0 N–H and O–H groups in total. The van der Waals surface area contributed by atoms with Crippen LogP contribution in [0.25, 0.3) is 11.0 Å². The predicted molar refractivity (Wildman–Crippen MR) is 122 cm³/mol. The van der Waals surface area contributed by atoms with E-state index < -0.39 is 0 Å². The molecule has 4 aromatic rings.